The third kappa shape index (κ3) is 4.01. The maximum Gasteiger partial charge on any atom is 0.245 e. The smallest absolute Gasteiger partial charge is 0.245 e. The van der Waals surface area contributed by atoms with Crippen molar-refractivity contribution in [3.8, 4) is 0 Å². The Balaban J connectivity index is 1.35. The molecule has 8 heteroatoms. The van der Waals surface area contributed by atoms with Crippen molar-refractivity contribution in [2.45, 2.75) is 43.3 Å². The first-order valence-electron chi connectivity index (χ1n) is 10.7. The van der Waals surface area contributed by atoms with Crippen molar-refractivity contribution >= 4 is 44.0 Å². The van der Waals surface area contributed by atoms with Gasteiger partial charge >= 0.3 is 0 Å². The number of nitrogens with one attached hydrogen (secondary N) is 2. The molecule has 5 rings (SSSR count). The van der Waals surface area contributed by atoms with E-state index in [-0.39, 0.29) is 10.8 Å². The van der Waals surface area contributed by atoms with Crippen LogP contribution < -0.4 is 14.9 Å². The molecule has 0 spiro atoms. The van der Waals surface area contributed by atoms with Crippen molar-refractivity contribution in [1.29, 1.82) is 0 Å². The van der Waals surface area contributed by atoms with Crippen molar-refractivity contribution in [3.63, 3.8) is 0 Å². The number of hydrogen-bond donors (Lipinski definition) is 2. The Kier molecular flexibility index (Phi) is 5.45. The predicted octanol–water partition coefficient (Wildman–Crippen LogP) is 3.61. The van der Waals surface area contributed by atoms with E-state index < -0.39 is 16.1 Å². The third-order valence-corrected chi connectivity index (χ3v) is 7.96. The lowest BCUT2D eigenvalue weighted by atomic mass is 9.96. The number of rotatable bonds is 4. The molecule has 1 saturated heterocycles. The summed E-state index contributed by atoms with van der Waals surface area (Å²) in [6.45, 7) is 3.45. The van der Waals surface area contributed by atoms with Crippen LogP contribution in [0.1, 0.15) is 24.5 Å². The summed E-state index contributed by atoms with van der Waals surface area (Å²) in [5.74, 6) is -0.219. The molecule has 0 radical (unpaired) electrons. The number of anilines is 1. The maximum absolute atomic E-state index is 13.1. The molecule has 0 bridgehead atoms. The molecular weight excluding hydrogens is 446 g/mol. The summed E-state index contributed by atoms with van der Waals surface area (Å²) in [6.07, 6.45) is 1.34. The van der Waals surface area contributed by atoms with Gasteiger partial charge in [0.1, 0.15) is 6.04 Å². The SMILES string of the molecule is C[C@H]1Cc2cc(N3CCC(NS(=O)(=O)c4ccc5cc(Cl)ccc5c4)C3=O)ccc2CN1. The Morgan fingerprint density at radius 2 is 1.81 bits per heavy atom. The predicted molar refractivity (Wildman–Crippen MR) is 126 cm³/mol. The van der Waals surface area contributed by atoms with Crippen LogP contribution in [0.4, 0.5) is 5.69 Å². The summed E-state index contributed by atoms with van der Waals surface area (Å²) in [5.41, 5.74) is 3.31. The normalized spacial score (nSPS) is 21.2. The van der Waals surface area contributed by atoms with Crippen LogP contribution in [0.25, 0.3) is 10.8 Å². The van der Waals surface area contributed by atoms with Gasteiger partial charge < -0.3 is 10.2 Å². The van der Waals surface area contributed by atoms with Crippen LogP contribution in [0.3, 0.4) is 0 Å². The van der Waals surface area contributed by atoms with Gasteiger partial charge in [-0.1, -0.05) is 29.8 Å². The van der Waals surface area contributed by atoms with Crippen molar-refractivity contribution in [3.05, 3.63) is 70.7 Å². The van der Waals surface area contributed by atoms with Gasteiger partial charge in [-0.15, -0.1) is 0 Å². The van der Waals surface area contributed by atoms with Gasteiger partial charge in [-0.25, -0.2) is 8.42 Å². The molecule has 0 aliphatic carbocycles. The second-order valence-electron chi connectivity index (χ2n) is 8.54. The third-order valence-electron chi connectivity index (χ3n) is 6.26. The molecule has 2 N–H and O–H groups in total. The highest BCUT2D eigenvalue weighted by atomic mass is 35.5. The minimum absolute atomic E-state index is 0.133. The molecule has 32 heavy (non-hydrogen) atoms. The van der Waals surface area contributed by atoms with Crippen molar-refractivity contribution < 1.29 is 13.2 Å². The first kappa shape index (κ1) is 21.4. The maximum atomic E-state index is 13.1. The second-order valence-corrected chi connectivity index (χ2v) is 10.7. The van der Waals surface area contributed by atoms with Crippen LogP contribution in [0, 0.1) is 0 Å². The Bertz CT molecular complexity index is 1330. The minimum atomic E-state index is -3.84. The van der Waals surface area contributed by atoms with E-state index in [1.165, 1.54) is 17.2 Å². The summed E-state index contributed by atoms with van der Waals surface area (Å²) < 4.78 is 28.6. The van der Waals surface area contributed by atoms with E-state index in [1.54, 1.807) is 35.2 Å². The monoisotopic (exact) mass is 469 g/mol. The minimum Gasteiger partial charge on any atom is -0.311 e. The van der Waals surface area contributed by atoms with Gasteiger partial charge in [0.2, 0.25) is 15.9 Å². The number of sulfonamides is 1. The van der Waals surface area contributed by atoms with E-state index in [0.717, 1.165) is 29.4 Å². The van der Waals surface area contributed by atoms with Crippen molar-refractivity contribution in [1.82, 2.24) is 10.0 Å². The number of nitrogens with zero attached hydrogens (tertiary/aromatic N) is 1. The number of benzene rings is 3. The zero-order valence-electron chi connectivity index (χ0n) is 17.6. The van der Waals surface area contributed by atoms with Crippen LogP contribution in [0.15, 0.2) is 59.5 Å². The highest BCUT2D eigenvalue weighted by molar-refractivity contribution is 7.89. The van der Waals surface area contributed by atoms with Crippen molar-refractivity contribution in [2.24, 2.45) is 0 Å². The highest BCUT2D eigenvalue weighted by Gasteiger charge is 2.36. The first-order chi connectivity index (χ1) is 15.3. The lowest BCUT2D eigenvalue weighted by Gasteiger charge is -2.25. The molecule has 0 saturated carbocycles. The summed E-state index contributed by atoms with van der Waals surface area (Å²) in [6, 6.07) is 15.8. The van der Waals surface area contributed by atoms with Crippen LogP contribution in [-0.4, -0.2) is 33.0 Å². The second kappa shape index (κ2) is 8.15. The largest absolute Gasteiger partial charge is 0.311 e. The number of carbonyl (C=O) groups excluding carboxylic acids is 1. The summed E-state index contributed by atoms with van der Waals surface area (Å²) in [4.78, 5) is 14.9. The van der Waals surface area contributed by atoms with Gasteiger partial charge in [0, 0.05) is 29.8 Å². The van der Waals surface area contributed by atoms with E-state index in [9.17, 15) is 13.2 Å². The lowest BCUT2D eigenvalue weighted by molar-refractivity contribution is -0.118. The quantitative estimate of drug-likeness (QED) is 0.611. The number of hydrogen-bond acceptors (Lipinski definition) is 4. The molecule has 6 nitrogen and oxygen atoms in total. The number of fused-ring (bicyclic) bond motifs is 2. The van der Waals surface area contributed by atoms with Crippen LogP contribution in [0.5, 0.6) is 0 Å². The lowest BCUT2D eigenvalue weighted by Crippen LogP contribution is -2.41. The van der Waals surface area contributed by atoms with Crippen LogP contribution in [0.2, 0.25) is 5.02 Å². The fourth-order valence-electron chi connectivity index (χ4n) is 4.49. The average molecular weight is 470 g/mol. The van der Waals surface area contributed by atoms with Gasteiger partial charge in [0.25, 0.3) is 0 Å². The van der Waals surface area contributed by atoms with Gasteiger partial charge in [-0.05, 0) is 78.1 Å². The average Bonchev–Trinajstić information content (AvgIpc) is 3.12. The number of amides is 1. The highest BCUT2D eigenvalue weighted by Crippen LogP contribution is 2.28. The Labute approximate surface area is 192 Å². The van der Waals surface area contributed by atoms with Gasteiger partial charge in [0.05, 0.1) is 4.90 Å². The van der Waals surface area contributed by atoms with E-state index in [0.29, 0.717) is 24.0 Å². The Morgan fingerprint density at radius 3 is 2.66 bits per heavy atom. The molecule has 2 heterocycles. The molecule has 2 aliphatic rings. The zero-order chi connectivity index (χ0) is 22.5. The van der Waals surface area contributed by atoms with E-state index >= 15 is 0 Å². The topological polar surface area (TPSA) is 78.5 Å². The van der Waals surface area contributed by atoms with Crippen LogP contribution >= 0.6 is 11.6 Å². The van der Waals surface area contributed by atoms with E-state index in [1.807, 2.05) is 6.07 Å². The molecule has 2 atom stereocenters. The number of carbonyl (C=O) groups is 1. The Morgan fingerprint density at radius 1 is 1.03 bits per heavy atom. The van der Waals surface area contributed by atoms with E-state index in [2.05, 4.69) is 29.1 Å². The fraction of sp³-hybridized carbons (Fsp3) is 0.292. The zero-order valence-corrected chi connectivity index (χ0v) is 19.2. The molecular formula is C24H24ClN3O3S. The fourth-order valence-corrected chi connectivity index (χ4v) is 5.93. The molecule has 0 aromatic heterocycles. The molecule has 1 unspecified atom stereocenters. The molecule has 2 aliphatic heterocycles. The van der Waals surface area contributed by atoms with Gasteiger partial charge in [0.15, 0.2) is 0 Å². The number of halogens is 1. The van der Waals surface area contributed by atoms with Gasteiger partial charge in [-0.2, -0.15) is 4.72 Å². The molecule has 3 aromatic carbocycles. The molecule has 1 amide bonds. The van der Waals surface area contributed by atoms with E-state index in [4.69, 9.17) is 11.6 Å². The standard InChI is InChI=1S/C24H24ClN3O3S/c1-15-10-19-12-21(6-3-18(19)14-26-15)28-9-8-23(24(28)29)27-32(30,31)22-7-4-16-11-20(25)5-2-17(16)13-22/h2-7,11-13,15,23,26-27H,8-10,14H2,1H3/t15-,23?/m0/s1. The van der Waals surface area contributed by atoms with Crippen LogP contribution in [-0.2, 0) is 27.8 Å². The molecule has 3 aromatic rings. The summed E-state index contributed by atoms with van der Waals surface area (Å²) in [5, 5.41) is 5.66. The first-order valence-corrected chi connectivity index (χ1v) is 12.5. The molecule has 1 fully saturated rings. The van der Waals surface area contributed by atoms with Gasteiger partial charge in [-0.3, -0.25) is 4.79 Å². The Hall–Kier alpha value is -2.45. The summed E-state index contributed by atoms with van der Waals surface area (Å²) in [7, 11) is -3.84. The summed E-state index contributed by atoms with van der Waals surface area (Å²) >= 11 is 6.01. The van der Waals surface area contributed by atoms with Crippen molar-refractivity contribution in [2.75, 3.05) is 11.4 Å². The molecule has 166 valence electrons.